The number of nitrogens with two attached hydrogens (primary N) is 1. The molecule has 1 atom stereocenters. The van der Waals surface area contributed by atoms with Gasteiger partial charge in [0.25, 0.3) is 0 Å². The Bertz CT molecular complexity index is 794. The highest BCUT2D eigenvalue weighted by molar-refractivity contribution is 6.08. The van der Waals surface area contributed by atoms with Crippen LogP contribution in [0.1, 0.15) is 22.8 Å². The van der Waals surface area contributed by atoms with Gasteiger partial charge in [0.05, 0.1) is 7.85 Å². The Morgan fingerprint density at radius 3 is 2.55 bits per heavy atom. The first kappa shape index (κ1) is 22.5. The topological polar surface area (TPSA) is 162 Å². The minimum absolute atomic E-state index is 0.0510. The Hall–Kier alpha value is -2.79. The maximum atomic E-state index is 12.0. The first-order valence-corrected chi connectivity index (χ1v) is 9.01. The smallest absolute Gasteiger partial charge is 0.343 e. The number of rotatable bonds is 10. The van der Waals surface area contributed by atoms with Crippen molar-refractivity contribution < 1.29 is 34.4 Å². The lowest BCUT2D eigenvalue weighted by Gasteiger charge is -2.42. The summed E-state index contributed by atoms with van der Waals surface area (Å²) in [4.78, 5) is 35.9. The van der Waals surface area contributed by atoms with Crippen LogP contribution in [0.3, 0.4) is 0 Å². The van der Waals surface area contributed by atoms with E-state index in [1.165, 1.54) is 13.0 Å². The van der Waals surface area contributed by atoms with Crippen LogP contribution in [0.15, 0.2) is 12.1 Å². The second kappa shape index (κ2) is 9.14. The van der Waals surface area contributed by atoms with Crippen molar-refractivity contribution in [1.82, 2.24) is 10.2 Å². The normalized spacial score (nSPS) is 16.5. The summed E-state index contributed by atoms with van der Waals surface area (Å²) >= 11 is 0. The number of carbonyl (C=O) groups excluding carboxylic acids is 1. The average Bonchev–Trinajstić information content (AvgIpc) is 2.59. The number of hydrogen-bond donors (Lipinski definition) is 5. The Kier molecular flexibility index (Phi) is 7.09. The van der Waals surface area contributed by atoms with Gasteiger partial charge < -0.3 is 31.1 Å². The van der Waals surface area contributed by atoms with Gasteiger partial charge in [-0.1, -0.05) is 12.4 Å². The highest BCUT2D eigenvalue weighted by Crippen LogP contribution is 2.33. The molecule has 1 fully saturated rings. The van der Waals surface area contributed by atoms with Gasteiger partial charge in [-0.25, -0.2) is 4.79 Å². The molecule has 0 unspecified atom stereocenters. The molecule has 11 heteroatoms. The van der Waals surface area contributed by atoms with Gasteiger partial charge >= 0.3 is 11.9 Å². The van der Waals surface area contributed by atoms with Crippen LogP contribution in [0, 0.1) is 0 Å². The first-order valence-electron chi connectivity index (χ1n) is 9.01. The van der Waals surface area contributed by atoms with Gasteiger partial charge in [0.1, 0.15) is 35.3 Å². The largest absolute Gasteiger partial charge is 0.507 e. The van der Waals surface area contributed by atoms with Gasteiger partial charge in [0, 0.05) is 19.6 Å². The van der Waals surface area contributed by atoms with Crippen molar-refractivity contribution in [3.63, 3.8) is 0 Å². The molecule has 10 nitrogen and oxygen atoms in total. The van der Waals surface area contributed by atoms with E-state index in [-0.39, 0.29) is 36.0 Å². The van der Waals surface area contributed by atoms with Gasteiger partial charge in [-0.05, 0) is 25.0 Å². The third-order valence-corrected chi connectivity index (χ3v) is 4.54. The molecule has 1 aliphatic rings. The number of carbonyl (C=O) groups is 3. The number of aromatic hydroxyl groups is 1. The third-order valence-electron chi connectivity index (χ3n) is 4.54. The zero-order chi connectivity index (χ0) is 21.8. The van der Waals surface area contributed by atoms with Crippen molar-refractivity contribution >= 4 is 25.7 Å². The average molecular weight is 405 g/mol. The number of carboxylic acids is 2. The van der Waals surface area contributed by atoms with Crippen LogP contribution in [-0.4, -0.2) is 83.7 Å². The fourth-order valence-corrected chi connectivity index (χ4v) is 3.08. The van der Waals surface area contributed by atoms with Crippen molar-refractivity contribution in [3.05, 3.63) is 23.3 Å². The molecule has 1 heterocycles. The zero-order valence-electron chi connectivity index (χ0n) is 16.1. The molecule has 6 N–H and O–H groups in total. The summed E-state index contributed by atoms with van der Waals surface area (Å²) in [5.74, 6) is -3.37. The molecule has 1 aromatic rings. The van der Waals surface area contributed by atoms with Crippen LogP contribution in [0.25, 0.3) is 0 Å². The molecule has 29 heavy (non-hydrogen) atoms. The van der Waals surface area contributed by atoms with Crippen LogP contribution >= 0.6 is 0 Å². The highest BCUT2D eigenvalue weighted by atomic mass is 16.5. The lowest BCUT2D eigenvalue weighted by atomic mass is 9.95. The minimum Gasteiger partial charge on any atom is -0.507 e. The van der Waals surface area contributed by atoms with Crippen molar-refractivity contribution in [3.8, 4) is 11.5 Å². The van der Waals surface area contributed by atoms with E-state index in [1.807, 2.05) is 4.90 Å². The van der Waals surface area contributed by atoms with Crippen LogP contribution < -0.4 is 15.8 Å². The number of ether oxygens (including phenoxy) is 1. The first-order chi connectivity index (χ1) is 13.5. The van der Waals surface area contributed by atoms with Gasteiger partial charge in [0.15, 0.2) is 0 Å². The number of aromatic carboxylic acids is 1. The maximum Gasteiger partial charge on any atom is 0.343 e. The molecule has 1 amide bonds. The number of hydrogen-bond acceptors (Lipinski definition) is 7. The van der Waals surface area contributed by atoms with Gasteiger partial charge in [-0.3, -0.25) is 14.5 Å². The van der Waals surface area contributed by atoms with E-state index in [4.69, 9.17) is 23.4 Å². The lowest BCUT2D eigenvalue weighted by molar-refractivity contribution is -0.139. The summed E-state index contributed by atoms with van der Waals surface area (Å²) in [6, 6.07) is 3.06. The molecule has 1 aliphatic heterocycles. The summed E-state index contributed by atoms with van der Waals surface area (Å²) in [5, 5.41) is 30.5. The van der Waals surface area contributed by atoms with Crippen molar-refractivity contribution in [1.29, 1.82) is 0 Å². The monoisotopic (exact) mass is 405 g/mol. The van der Waals surface area contributed by atoms with E-state index in [2.05, 4.69) is 5.32 Å². The van der Waals surface area contributed by atoms with Crippen LogP contribution in [-0.2, 0) is 16.0 Å². The molecule has 2 rings (SSSR count). The number of aliphatic carboxylic acids is 1. The Balaban J connectivity index is 1.95. The second-order valence-corrected chi connectivity index (χ2v) is 7.22. The molecule has 0 bridgehead atoms. The molecule has 0 saturated carbocycles. The number of carboxylic acid groups (broad SMARTS) is 2. The predicted molar refractivity (Wildman–Crippen MR) is 103 cm³/mol. The second-order valence-electron chi connectivity index (χ2n) is 7.22. The van der Waals surface area contributed by atoms with E-state index >= 15 is 0 Å². The molecule has 1 saturated heterocycles. The molecule has 156 valence electrons. The minimum atomic E-state index is -1.31. The van der Waals surface area contributed by atoms with E-state index in [9.17, 15) is 24.6 Å². The van der Waals surface area contributed by atoms with Crippen molar-refractivity contribution in [2.75, 3.05) is 26.2 Å². The summed E-state index contributed by atoms with van der Waals surface area (Å²) in [6.07, 6.45) is 0.260. The highest BCUT2D eigenvalue weighted by Gasteiger charge is 2.37. The number of nitrogens with one attached hydrogen (secondary N) is 1. The SMILES string of the molecule is [B]CCc1ccc(OC2CN(C[C@@](C)(N)C(=O)NCC(=O)O)C2)c(C(=O)O)c1O. The number of aryl methyl sites for hydroxylation is 1. The summed E-state index contributed by atoms with van der Waals surface area (Å²) in [7, 11) is 5.46. The molecule has 0 aromatic heterocycles. The van der Waals surface area contributed by atoms with Gasteiger partial charge in [-0.15, -0.1) is 0 Å². The molecular formula is C18H24BN3O7. The molecule has 2 radical (unpaired) electrons. The van der Waals surface area contributed by atoms with E-state index in [1.54, 1.807) is 6.07 Å². The number of phenols is 1. The number of likely N-dealkylation sites (tertiary alicyclic amines) is 1. The van der Waals surface area contributed by atoms with E-state index in [0.717, 1.165) is 0 Å². The fraction of sp³-hybridized carbons (Fsp3) is 0.500. The Morgan fingerprint density at radius 1 is 1.34 bits per heavy atom. The van der Waals surface area contributed by atoms with Crippen molar-refractivity contribution in [2.24, 2.45) is 5.73 Å². The zero-order valence-corrected chi connectivity index (χ0v) is 16.1. The van der Waals surface area contributed by atoms with Gasteiger partial charge in [0.2, 0.25) is 5.91 Å². The third kappa shape index (κ3) is 5.61. The Morgan fingerprint density at radius 2 is 2.00 bits per heavy atom. The van der Waals surface area contributed by atoms with Crippen molar-refractivity contribution in [2.45, 2.75) is 31.3 Å². The standard InChI is InChI=1S/C18H24BN3O7/c1-18(20,17(28)21-6-13(23)24)9-22-7-11(8-22)29-12-3-2-10(4-5-19)15(25)14(12)16(26)27/h2-3,11,25H,4-9,20H2,1H3,(H,21,28)(H,23,24)(H,26,27)/t18-/m1/s1. The summed E-state index contributed by atoms with van der Waals surface area (Å²) in [5.41, 5.74) is 4.79. The predicted octanol–water partition coefficient (Wildman–Crippen LogP) is -0.799. The van der Waals surface area contributed by atoms with Gasteiger partial charge in [-0.2, -0.15) is 0 Å². The van der Waals surface area contributed by atoms with Crippen LogP contribution in [0.2, 0.25) is 6.32 Å². The van der Waals surface area contributed by atoms with E-state index in [0.29, 0.717) is 25.1 Å². The molecule has 0 aliphatic carbocycles. The fourth-order valence-electron chi connectivity index (χ4n) is 3.08. The number of amides is 1. The van der Waals surface area contributed by atoms with E-state index < -0.39 is 29.9 Å². The number of benzene rings is 1. The number of nitrogens with zero attached hydrogens (tertiary/aromatic N) is 1. The molecular weight excluding hydrogens is 381 g/mol. The lowest BCUT2D eigenvalue weighted by Crippen LogP contribution is -2.64. The quantitative estimate of drug-likeness (QED) is 0.314. The molecule has 1 aromatic carbocycles. The molecule has 0 spiro atoms. The van der Waals surface area contributed by atoms with Crippen LogP contribution in [0.5, 0.6) is 11.5 Å². The van der Waals surface area contributed by atoms with Crippen LogP contribution in [0.4, 0.5) is 0 Å². The summed E-state index contributed by atoms with van der Waals surface area (Å²) in [6.45, 7) is 1.94. The maximum absolute atomic E-state index is 12.0. The summed E-state index contributed by atoms with van der Waals surface area (Å²) < 4.78 is 5.71. The Labute approximate surface area is 169 Å².